The molecule has 10 heteroatoms. The second-order valence-corrected chi connectivity index (χ2v) is 8.44. The van der Waals surface area contributed by atoms with Crippen molar-refractivity contribution in [1.82, 2.24) is 4.31 Å². The van der Waals surface area contributed by atoms with Crippen molar-refractivity contribution in [2.75, 3.05) is 30.3 Å². The number of nitro benzene ring substituents is 1. The van der Waals surface area contributed by atoms with Gasteiger partial charge in [0.05, 0.1) is 9.82 Å². The van der Waals surface area contributed by atoms with Gasteiger partial charge in [0.2, 0.25) is 15.9 Å². The molecule has 0 aliphatic heterocycles. The summed E-state index contributed by atoms with van der Waals surface area (Å²) in [4.78, 5) is 22.5. The van der Waals surface area contributed by atoms with Crippen molar-refractivity contribution in [2.24, 2.45) is 0 Å². The lowest BCUT2D eigenvalue weighted by Crippen LogP contribution is -2.30. The summed E-state index contributed by atoms with van der Waals surface area (Å²) < 4.78 is 26.6. The van der Waals surface area contributed by atoms with Crippen molar-refractivity contribution in [3.63, 3.8) is 0 Å². The zero-order valence-electron chi connectivity index (χ0n) is 17.0. The van der Waals surface area contributed by atoms with Gasteiger partial charge >= 0.3 is 0 Å². The van der Waals surface area contributed by atoms with Gasteiger partial charge in [-0.25, -0.2) is 8.42 Å². The molecule has 2 rings (SSSR count). The maximum atomic E-state index is 12.6. The second-order valence-electron chi connectivity index (χ2n) is 6.50. The van der Waals surface area contributed by atoms with Crippen LogP contribution in [0, 0.1) is 10.1 Å². The molecule has 1 amide bonds. The van der Waals surface area contributed by atoms with Crippen molar-refractivity contribution >= 4 is 33.0 Å². The molecule has 2 N–H and O–H groups in total. The molecule has 0 aliphatic carbocycles. The predicted octanol–water partition coefficient (Wildman–Crippen LogP) is 3.46. The molecule has 0 aromatic heterocycles. The van der Waals surface area contributed by atoms with Crippen molar-refractivity contribution in [3.8, 4) is 0 Å². The third-order valence-corrected chi connectivity index (χ3v) is 6.49. The van der Waals surface area contributed by atoms with Gasteiger partial charge in [0.1, 0.15) is 0 Å². The SMILES string of the molecule is CCN(CC)S(=O)(=O)c1cccc(NC(=O)CCCNc2ccc([N+](=O)[O-])cc2)c1. The summed E-state index contributed by atoms with van der Waals surface area (Å²) in [6, 6.07) is 12.3. The highest BCUT2D eigenvalue weighted by Gasteiger charge is 2.21. The van der Waals surface area contributed by atoms with Crippen LogP contribution in [0.5, 0.6) is 0 Å². The Hall–Kier alpha value is -2.98. The summed E-state index contributed by atoms with van der Waals surface area (Å²) >= 11 is 0. The van der Waals surface area contributed by atoms with E-state index in [0.717, 1.165) is 5.69 Å². The largest absolute Gasteiger partial charge is 0.385 e. The monoisotopic (exact) mass is 434 g/mol. The van der Waals surface area contributed by atoms with Gasteiger partial charge in [-0.3, -0.25) is 14.9 Å². The van der Waals surface area contributed by atoms with Gasteiger partial charge in [-0.2, -0.15) is 4.31 Å². The highest BCUT2D eigenvalue weighted by molar-refractivity contribution is 7.89. The van der Waals surface area contributed by atoms with Gasteiger partial charge < -0.3 is 10.6 Å². The van der Waals surface area contributed by atoms with Crippen molar-refractivity contribution in [2.45, 2.75) is 31.6 Å². The van der Waals surface area contributed by atoms with E-state index in [-0.39, 0.29) is 22.9 Å². The summed E-state index contributed by atoms with van der Waals surface area (Å²) in [5, 5.41) is 16.5. The minimum atomic E-state index is -3.59. The van der Waals surface area contributed by atoms with E-state index in [9.17, 15) is 23.3 Å². The standard InChI is InChI=1S/C20H26N4O5S/c1-3-23(4-2)30(28,29)19-8-5-7-17(15-19)22-20(25)9-6-14-21-16-10-12-18(13-11-16)24(26)27/h5,7-8,10-13,15,21H,3-4,6,9,14H2,1-2H3,(H,22,25). The average molecular weight is 435 g/mol. The van der Waals surface area contributed by atoms with Crippen LogP contribution in [0.3, 0.4) is 0 Å². The fourth-order valence-corrected chi connectivity index (χ4v) is 4.36. The lowest BCUT2D eigenvalue weighted by atomic mass is 10.2. The number of anilines is 2. The van der Waals surface area contributed by atoms with Crippen LogP contribution in [0.15, 0.2) is 53.4 Å². The molecular formula is C20H26N4O5S. The normalized spacial score (nSPS) is 11.3. The quantitative estimate of drug-likeness (QED) is 0.317. The Balaban J connectivity index is 1.86. The van der Waals surface area contributed by atoms with E-state index in [2.05, 4.69) is 10.6 Å². The van der Waals surface area contributed by atoms with Gasteiger partial charge in [0.15, 0.2) is 0 Å². The number of rotatable bonds is 11. The fraction of sp³-hybridized carbons (Fsp3) is 0.350. The molecule has 2 aromatic rings. The third-order valence-electron chi connectivity index (χ3n) is 4.45. The molecule has 0 fully saturated rings. The molecule has 0 saturated heterocycles. The van der Waals surface area contributed by atoms with E-state index in [1.807, 2.05) is 0 Å². The van der Waals surface area contributed by atoms with Crippen LogP contribution >= 0.6 is 0 Å². The Bertz CT molecular complexity index is 973. The maximum absolute atomic E-state index is 12.6. The molecular weight excluding hydrogens is 408 g/mol. The summed E-state index contributed by atoms with van der Waals surface area (Å²) in [5.74, 6) is -0.224. The molecule has 2 aromatic carbocycles. The molecule has 0 unspecified atom stereocenters. The van der Waals surface area contributed by atoms with Crippen molar-refractivity contribution in [1.29, 1.82) is 0 Å². The van der Waals surface area contributed by atoms with Crippen molar-refractivity contribution in [3.05, 3.63) is 58.6 Å². The number of hydrogen-bond acceptors (Lipinski definition) is 6. The molecule has 0 heterocycles. The molecule has 9 nitrogen and oxygen atoms in total. The lowest BCUT2D eigenvalue weighted by molar-refractivity contribution is -0.384. The lowest BCUT2D eigenvalue weighted by Gasteiger charge is -2.18. The first-order chi connectivity index (χ1) is 14.3. The number of benzene rings is 2. The molecule has 0 radical (unpaired) electrons. The second kappa shape index (κ2) is 10.7. The van der Waals surface area contributed by atoms with Crippen molar-refractivity contribution < 1.29 is 18.1 Å². The Kier molecular flexibility index (Phi) is 8.31. The number of nitrogens with one attached hydrogen (secondary N) is 2. The number of non-ortho nitro benzene ring substituents is 1. The van der Waals surface area contributed by atoms with Gasteiger partial charge in [-0.15, -0.1) is 0 Å². The minimum Gasteiger partial charge on any atom is -0.385 e. The number of sulfonamides is 1. The van der Waals surface area contributed by atoms with Crippen LogP contribution in [-0.2, 0) is 14.8 Å². The Morgan fingerprint density at radius 1 is 1.07 bits per heavy atom. The zero-order chi connectivity index (χ0) is 22.1. The first-order valence-electron chi connectivity index (χ1n) is 9.66. The van der Waals surface area contributed by atoms with E-state index in [0.29, 0.717) is 31.7 Å². The molecule has 0 spiro atoms. The number of hydrogen-bond donors (Lipinski definition) is 2. The van der Waals surface area contributed by atoms with Crippen LogP contribution in [0.25, 0.3) is 0 Å². The fourth-order valence-electron chi connectivity index (χ4n) is 2.85. The molecule has 0 saturated carbocycles. The first kappa shape index (κ1) is 23.3. The van der Waals surface area contributed by atoms with Gasteiger partial charge in [-0.1, -0.05) is 19.9 Å². The number of carbonyl (C=O) groups is 1. The topological polar surface area (TPSA) is 122 Å². The summed E-state index contributed by atoms with van der Waals surface area (Å²) in [6.07, 6.45) is 0.785. The average Bonchev–Trinajstić information content (AvgIpc) is 2.72. The highest BCUT2D eigenvalue weighted by atomic mass is 32.2. The van der Waals surface area contributed by atoms with Gasteiger partial charge in [0.25, 0.3) is 5.69 Å². The third kappa shape index (κ3) is 6.26. The molecule has 0 bridgehead atoms. The van der Waals surface area contributed by atoms with Gasteiger partial charge in [-0.05, 0) is 36.8 Å². The van der Waals surface area contributed by atoms with E-state index < -0.39 is 14.9 Å². The van der Waals surface area contributed by atoms with E-state index >= 15 is 0 Å². The van der Waals surface area contributed by atoms with Gasteiger partial charge in [0, 0.05) is 49.6 Å². The van der Waals surface area contributed by atoms with E-state index in [1.54, 1.807) is 38.1 Å². The summed E-state index contributed by atoms with van der Waals surface area (Å²) in [6.45, 7) is 4.81. The Morgan fingerprint density at radius 3 is 2.33 bits per heavy atom. The van der Waals surface area contributed by atoms with Crippen LogP contribution < -0.4 is 10.6 Å². The van der Waals surface area contributed by atoms with E-state index in [1.165, 1.54) is 28.6 Å². The Labute approximate surface area is 176 Å². The molecule has 0 aliphatic rings. The maximum Gasteiger partial charge on any atom is 0.269 e. The smallest absolute Gasteiger partial charge is 0.269 e. The molecule has 0 atom stereocenters. The first-order valence-corrected chi connectivity index (χ1v) is 11.1. The van der Waals surface area contributed by atoms with Crippen LogP contribution in [0.1, 0.15) is 26.7 Å². The number of nitrogens with zero attached hydrogens (tertiary/aromatic N) is 2. The number of amides is 1. The van der Waals surface area contributed by atoms with Crippen LogP contribution in [-0.4, -0.2) is 43.2 Å². The summed E-state index contributed by atoms with van der Waals surface area (Å²) in [5.41, 5.74) is 1.18. The predicted molar refractivity (Wildman–Crippen MR) is 116 cm³/mol. The zero-order valence-corrected chi connectivity index (χ0v) is 17.8. The minimum absolute atomic E-state index is 0.0187. The number of nitro groups is 1. The molecule has 30 heavy (non-hydrogen) atoms. The molecule has 162 valence electrons. The Morgan fingerprint density at radius 2 is 1.73 bits per heavy atom. The number of carbonyl (C=O) groups excluding carboxylic acids is 1. The van der Waals surface area contributed by atoms with E-state index in [4.69, 9.17) is 0 Å². The highest BCUT2D eigenvalue weighted by Crippen LogP contribution is 2.20. The van der Waals surface area contributed by atoms with Crippen LogP contribution in [0.4, 0.5) is 17.1 Å². The summed E-state index contributed by atoms with van der Waals surface area (Å²) in [7, 11) is -3.59. The van der Waals surface area contributed by atoms with Crippen LogP contribution in [0.2, 0.25) is 0 Å².